The van der Waals surface area contributed by atoms with Crippen LogP contribution in [0.25, 0.3) is 0 Å². The number of nitrogens with one attached hydrogen (secondary N) is 1. The van der Waals surface area contributed by atoms with E-state index in [1.165, 1.54) is 6.07 Å². The van der Waals surface area contributed by atoms with Gasteiger partial charge in [0.2, 0.25) is 0 Å². The summed E-state index contributed by atoms with van der Waals surface area (Å²) in [5, 5.41) is 4.29. The first-order chi connectivity index (χ1) is 7.25. The van der Waals surface area contributed by atoms with E-state index < -0.39 is 0 Å². The number of thioether (sulfide) groups is 1. The Morgan fingerprint density at radius 2 is 2.40 bits per heavy atom. The Labute approximate surface area is 96.9 Å². The van der Waals surface area contributed by atoms with Crippen molar-refractivity contribution in [2.24, 2.45) is 4.99 Å². The van der Waals surface area contributed by atoms with Gasteiger partial charge in [-0.3, -0.25) is 4.99 Å². The minimum absolute atomic E-state index is 0.175. The van der Waals surface area contributed by atoms with E-state index in [0.717, 1.165) is 29.6 Å². The van der Waals surface area contributed by atoms with Crippen molar-refractivity contribution in [1.29, 1.82) is 0 Å². The summed E-state index contributed by atoms with van der Waals surface area (Å²) in [5.41, 5.74) is 1.00. The van der Waals surface area contributed by atoms with Gasteiger partial charge in [-0.2, -0.15) is 0 Å². The van der Waals surface area contributed by atoms with E-state index in [2.05, 4.69) is 10.3 Å². The van der Waals surface area contributed by atoms with Gasteiger partial charge in [0.25, 0.3) is 0 Å². The Balaban J connectivity index is 1.96. The molecule has 0 bridgehead atoms. The summed E-state index contributed by atoms with van der Waals surface area (Å²) in [6.07, 6.45) is 0. The SMILES string of the molecule is Fc1ccc(CSC2=NCCN2)cc1Cl. The van der Waals surface area contributed by atoms with Crippen LogP contribution in [0, 0.1) is 5.82 Å². The molecule has 1 N–H and O–H groups in total. The van der Waals surface area contributed by atoms with Gasteiger partial charge in [-0.15, -0.1) is 0 Å². The van der Waals surface area contributed by atoms with Crippen molar-refractivity contribution in [2.45, 2.75) is 5.75 Å². The fourth-order valence-corrected chi connectivity index (χ4v) is 2.33. The zero-order valence-electron chi connectivity index (χ0n) is 7.96. The largest absolute Gasteiger partial charge is 0.363 e. The molecular formula is C10H10ClFN2S. The fraction of sp³-hybridized carbons (Fsp3) is 0.300. The number of amidine groups is 1. The minimum Gasteiger partial charge on any atom is -0.363 e. The number of aliphatic imine (C=N–C) groups is 1. The predicted octanol–water partition coefficient (Wildman–Crippen LogP) is 2.67. The van der Waals surface area contributed by atoms with Crippen LogP contribution in [0.1, 0.15) is 5.56 Å². The predicted molar refractivity (Wildman–Crippen MR) is 63.0 cm³/mol. The third kappa shape index (κ3) is 2.86. The lowest BCUT2D eigenvalue weighted by Crippen LogP contribution is -2.14. The molecule has 0 fully saturated rings. The van der Waals surface area contributed by atoms with Crippen LogP contribution in [-0.4, -0.2) is 18.3 Å². The van der Waals surface area contributed by atoms with E-state index in [1.807, 2.05) is 0 Å². The fourth-order valence-electron chi connectivity index (χ4n) is 1.25. The molecule has 80 valence electrons. The monoisotopic (exact) mass is 244 g/mol. The number of rotatable bonds is 2. The van der Waals surface area contributed by atoms with Gasteiger partial charge in [0.1, 0.15) is 5.82 Å². The highest BCUT2D eigenvalue weighted by molar-refractivity contribution is 8.13. The highest BCUT2D eigenvalue weighted by atomic mass is 35.5. The molecule has 2 rings (SSSR count). The molecule has 5 heteroatoms. The molecule has 0 saturated heterocycles. The molecule has 0 spiro atoms. The second kappa shape index (κ2) is 4.86. The second-order valence-electron chi connectivity index (χ2n) is 3.15. The van der Waals surface area contributed by atoms with Crippen LogP contribution in [0.15, 0.2) is 23.2 Å². The molecule has 0 aliphatic carbocycles. The molecule has 0 amide bonds. The number of hydrogen-bond donors (Lipinski definition) is 1. The van der Waals surface area contributed by atoms with Crippen LogP contribution < -0.4 is 5.32 Å². The lowest BCUT2D eigenvalue weighted by molar-refractivity contribution is 0.628. The number of benzene rings is 1. The highest BCUT2D eigenvalue weighted by Gasteiger charge is 2.06. The molecule has 2 nitrogen and oxygen atoms in total. The van der Waals surface area contributed by atoms with Crippen molar-refractivity contribution in [2.75, 3.05) is 13.1 Å². The van der Waals surface area contributed by atoms with Crippen molar-refractivity contribution in [1.82, 2.24) is 5.32 Å². The maximum atomic E-state index is 12.9. The van der Waals surface area contributed by atoms with Crippen LogP contribution in [-0.2, 0) is 5.75 Å². The molecule has 1 aliphatic rings. The Bertz CT molecular complexity index is 395. The first-order valence-corrected chi connectivity index (χ1v) is 5.97. The Morgan fingerprint density at radius 1 is 1.53 bits per heavy atom. The zero-order valence-corrected chi connectivity index (χ0v) is 9.54. The molecule has 15 heavy (non-hydrogen) atoms. The van der Waals surface area contributed by atoms with Gasteiger partial charge >= 0.3 is 0 Å². The van der Waals surface area contributed by atoms with E-state index in [1.54, 1.807) is 23.9 Å². The maximum absolute atomic E-state index is 12.9. The first kappa shape index (κ1) is 10.8. The molecule has 0 unspecified atom stereocenters. The summed E-state index contributed by atoms with van der Waals surface area (Å²) in [6.45, 7) is 1.75. The smallest absolute Gasteiger partial charge is 0.157 e. The zero-order chi connectivity index (χ0) is 10.7. The van der Waals surface area contributed by atoms with Gasteiger partial charge in [0, 0.05) is 12.3 Å². The van der Waals surface area contributed by atoms with Crippen LogP contribution in [0.2, 0.25) is 5.02 Å². The van der Waals surface area contributed by atoms with Gasteiger partial charge in [-0.05, 0) is 17.7 Å². The lowest BCUT2D eigenvalue weighted by Gasteiger charge is -2.03. The van der Waals surface area contributed by atoms with E-state index in [0.29, 0.717) is 0 Å². The molecular weight excluding hydrogens is 235 g/mol. The van der Waals surface area contributed by atoms with E-state index in [4.69, 9.17) is 11.6 Å². The third-order valence-electron chi connectivity index (χ3n) is 2.00. The van der Waals surface area contributed by atoms with E-state index in [9.17, 15) is 4.39 Å². The van der Waals surface area contributed by atoms with Gasteiger partial charge in [-0.25, -0.2) is 4.39 Å². The molecule has 0 saturated carbocycles. The number of halogens is 2. The quantitative estimate of drug-likeness (QED) is 0.865. The van der Waals surface area contributed by atoms with Gasteiger partial charge in [0.05, 0.1) is 11.6 Å². The summed E-state index contributed by atoms with van der Waals surface area (Å²) in [7, 11) is 0. The maximum Gasteiger partial charge on any atom is 0.157 e. The van der Waals surface area contributed by atoms with Crippen LogP contribution >= 0.6 is 23.4 Å². The molecule has 1 aromatic rings. The average Bonchev–Trinajstić information content (AvgIpc) is 2.73. The molecule has 0 aromatic heterocycles. The Morgan fingerprint density at radius 3 is 3.07 bits per heavy atom. The average molecular weight is 245 g/mol. The number of nitrogens with zero attached hydrogens (tertiary/aromatic N) is 1. The van der Waals surface area contributed by atoms with E-state index in [-0.39, 0.29) is 10.8 Å². The first-order valence-electron chi connectivity index (χ1n) is 4.61. The standard InChI is InChI=1S/C10H10ClFN2S/c11-8-5-7(1-2-9(8)12)6-15-10-13-3-4-14-10/h1-2,5H,3-4,6H2,(H,13,14). The van der Waals surface area contributed by atoms with Crippen molar-refractivity contribution < 1.29 is 4.39 Å². The minimum atomic E-state index is -0.373. The van der Waals surface area contributed by atoms with Crippen molar-refractivity contribution in [3.63, 3.8) is 0 Å². The lowest BCUT2D eigenvalue weighted by atomic mass is 10.2. The Kier molecular flexibility index (Phi) is 3.49. The van der Waals surface area contributed by atoms with Gasteiger partial charge < -0.3 is 5.32 Å². The summed E-state index contributed by atoms with van der Waals surface area (Å²) in [5.74, 6) is 0.382. The summed E-state index contributed by atoms with van der Waals surface area (Å²) >= 11 is 7.29. The normalized spacial score (nSPS) is 14.9. The van der Waals surface area contributed by atoms with Crippen molar-refractivity contribution in [3.8, 4) is 0 Å². The van der Waals surface area contributed by atoms with Gasteiger partial charge in [0.15, 0.2) is 5.17 Å². The molecule has 1 aromatic carbocycles. The highest BCUT2D eigenvalue weighted by Crippen LogP contribution is 2.20. The Hall–Kier alpha value is -0.740. The van der Waals surface area contributed by atoms with Crippen molar-refractivity contribution in [3.05, 3.63) is 34.6 Å². The summed E-state index contributed by atoms with van der Waals surface area (Å²) in [4.78, 5) is 4.25. The summed E-state index contributed by atoms with van der Waals surface area (Å²) in [6, 6.07) is 4.78. The second-order valence-corrected chi connectivity index (χ2v) is 4.52. The van der Waals surface area contributed by atoms with Crippen LogP contribution in [0.5, 0.6) is 0 Å². The summed E-state index contributed by atoms with van der Waals surface area (Å²) < 4.78 is 12.9. The third-order valence-corrected chi connectivity index (χ3v) is 3.32. The molecule has 0 atom stereocenters. The topological polar surface area (TPSA) is 24.4 Å². The molecule has 0 radical (unpaired) electrons. The molecule has 1 aliphatic heterocycles. The number of hydrogen-bond acceptors (Lipinski definition) is 3. The van der Waals surface area contributed by atoms with E-state index >= 15 is 0 Å². The van der Waals surface area contributed by atoms with Crippen LogP contribution in [0.3, 0.4) is 0 Å². The molecule has 1 heterocycles. The van der Waals surface area contributed by atoms with Crippen LogP contribution in [0.4, 0.5) is 4.39 Å². The van der Waals surface area contributed by atoms with Crippen molar-refractivity contribution >= 4 is 28.5 Å². The van der Waals surface area contributed by atoms with Gasteiger partial charge in [-0.1, -0.05) is 29.4 Å².